The molecule has 2 amide bonds. The molecule has 0 radical (unpaired) electrons. The molecule has 1 N–H and O–H groups in total. The minimum absolute atomic E-state index is 0.0160. The molecule has 0 unspecified atom stereocenters. The zero-order valence-electron chi connectivity index (χ0n) is 23.4. The number of hydrogen-bond acceptors (Lipinski definition) is 4. The third-order valence-corrected chi connectivity index (χ3v) is 9.30. The second-order valence-electron chi connectivity index (χ2n) is 9.81. The predicted molar refractivity (Wildman–Crippen MR) is 166 cm³/mol. The molecule has 0 aromatic heterocycles. The molecule has 11 heteroatoms. The molecule has 0 aliphatic carbocycles. The highest BCUT2D eigenvalue weighted by atomic mass is 35.5. The van der Waals surface area contributed by atoms with E-state index < -0.39 is 28.5 Å². The molecule has 7 nitrogen and oxygen atoms in total. The molecule has 220 valence electrons. The van der Waals surface area contributed by atoms with Gasteiger partial charge in [0.05, 0.1) is 15.6 Å². The van der Waals surface area contributed by atoms with Crippen LogP contribution in [-0.4, -0.2) is 43.8 Å². The lowest BCUT2D eigenvalue weighted by Crippen LogP contribution is -2.53. The summed E-state index contributed by atoms with van der Waals surface area (Å²) in [6.45, 7) is 6.92. The number of halogens is 3. The Balaban J connectivity index is 2.10. The number of sulfonamides is 1. The fourth-order valence-electron chi connectivity index (χ4n) is 4.17. The quantitative estimate of drug-likeness (QED) is 0.235. The van der Waals surface area contributed by atoms with Gasteiger partial charge in [0.1, 0.15) is 12.6 Å². The first-order valence-corrected chi connectivity index (χ1v) is 15.8. The van der Waals surface area contributed by atoms with Gasteiger partial charge < -0.3 is 10.2 Å². The molecule has 41 heavy (non-hydrogen) atoms. The van der Waals surface area contributed by atoms with Crippen LogP contribution in [0.4, 0.5) is 5.69 Å². The molecule has 2 atom stereocenters. The van der Waals surface area contributed by atoms with Gasteiger partial charge in [-0.1, -0.05) is 78.5 Å². The highest BCUT2D eigenvalue weighted by Crippen LogP contribution is 2.33. The van der Waals surface area contributed by atoms with Crippen LogP contribution in [0.2, 0.25) is 15.1 Å². The number of anilines is 1. The van der Waals surface area contributed by atoms with E-state index in [1.165, 1.54) is 35.2 Å². The van der Waals surface area contributed by atoms with Crippen molar-refractivity contribution in [1.82, 2.24) is 10.2 Å². The Kier molecular flexibility index (Phi) is 11.5. The average Bonchev–Trinajstić information content (AvgIpc) is 2.94. The molecular formula is C30H34Cl3N3O4S. The smallest absolute Gasteiger partial charge is 0.264 e. The SMILES string of the molecule is CC[C@@H](C)NC(=O)[C@H](CC)N(Cc1ccc(Cl)cc1)C(=O)CN(c1cc(Cl)ccc1Cl)S(=O)(=O)c1ccc(C)cc1. The lowest BCUT2D eigenvalue weighted by Gasteiger charge is -2.34. The highest BCUT2D eigenvalue weighted by molar-refractivity contribution is 7.92. The van der Waals surface area contributed by atoms with Gasteiger partial charge >= 0.3 is 0 Å². The zero-order valence-corrected chi connectivity index (χ0v) is 26.5. The summed E-state index contributed by atoms with van der Waals surface area (Å²) in [5.74, 6) is -0.907. The minimum Gasteiger partial charge on any atom is -0.352 e. The van der Waals surface area contributed by atoms with Crippen LogP contribution in [0.15, 0.2) is 71.6 Å². The van der Waals surface area contributed by atoms with Crippen molar-refractivity contribution in [3.05, 3.63) is 92.9 Å². The van der Waals surface area contributed by atoms with Crippen LogP contribution in [0.5, 0.6) is 0 Å². The fraction of sp³-hybridized carbons (Fsp3) is 0.333. The Morgan fingerprint density at radius 1 is 0.878 bits per heavy atom. The van der Waals surface area contributed by atoms with E-state index in [2.05, 4.69) is 5.32 Å². The second-order valence-corrected chi connectivity index (χ2v) is 13.0. The maximum Gasteiger partial charge on any atom is 0.264 e. The molecule has 3 aromatic carbocycles. The van der Waals surface area contributed by atoms with Crippen LogP contribution in [0, 0.1) is 6.92 Å². The molecular weight excluding hydrogens is 605 g/mol. The summed E-state index contributed by atoms with van der Waals surface area (Å²) in [6.07, 6.45) is 1.02. The van der Waals surface area contributed by atoms with Crippen LogP contribution < -0.4 is 9.62 Å². The maximum atomic E-state index is 14.1. The number of benzene rings is 3. The van der Waals surface area contributed by atoms with Crippen molar-refractivity contribution >= 4 is 62.3 Å². The first-order valence-electron chi connectivity index (χ1n) is 13.3. The van der Waals surface area contributed by atoms with Crippen molar-refractivity contribution in [2.75, 3.05) is 10.8 Å². The summed E-state index contributed by atoms with van der Waals surface area (Å²) in [4.78, 5) is 28.9. The number of rotatable bonds is 12. The summed E-state index contributed by atoms with van der Waals surface area (Å²) >= 11 is 18.8. The number of nitrogens with one attached hydrogen (secondary N) is 1. The Bertz CT molecular complexity index is 1470. The molecule has 0 fully saturated rings. The summed E-state index contributed by atoms with van der Waals surface area (Å²) in [6, 6.07) is 16.6. The van der Waals surface area contributed by atoms with Gasteiger partial charge in [-0.15, -0.1) is 0 Å². The van der Waals surface area contributed by atoms with Gasteiger partial charge in [-0.05, 0) is 74.7 Å². The van der Waals surface area contributed by atoms with Gasteiger partial charge in [0.25, 0.3) is 10.0 Å². The number of amides is 2. The van der Waals surface area contributed by atoms with E-state index in [0.717, 1.165) is 15.4 Å². The Labute approximate surface area is 257 Å². The second kappa shape index (κ2) is 14.4. The average molecular weight is 639 g/mol. The molecule has 0 aliphatic heterocycles. The summed E-state index contributed by atoms with van der Waals surface area (Å²) in [5.41, 5.74) is 1.66. The molecule has 0 spiro atoms. The Morgan fingerprint density at radius 2 is 1.49 bits per heavy atom. The van der Waals surface area contributed by atoms with Gasteiger partial charge in [-0.25, -0.2) is 8.42 Å². The monoisotopic (exact) mass is 637 g/mol. The number of carbonyl (C=O) groups excluding carboxylic acids is 2. The summed E-state index contributed by atoms with van der Waals surface area (Å²) in [7, 11) is -4.27. The van der Waals surface area contributed by atoms with Crippen LogP contribution in [-0.2, 0) is 26.2 Å². The largest absolute Gasteiger partial charge is 0.352 e. The van der Waals surface area contributed by atoms with Crippen LogP contribution in [0.1, 0.15) is 44.7 Å². The third kappa shape index (κ3) is 8.38. The van der Waals surface area contributed by atoms with E-state index in [9.17, 15) is 18.0 Å². The van der Waals surface area contributed by atoms with Gasteiger partial charge in [0, 0.05) is 22.6 Å². The fourth-order valence-corrected chi connectivity index (χ4v) is 6.16. The topological polar surface area (TPSA) is 86.8 Å². The Morgan fingerprint density at radius 3 is 2.07 bits per heavy atom. The lowest BCUT2D eigenvalue weighted by atomic mass is 10.1. The minimum atomic E-state index is -4.27. The number of carbonyl (C=O) groups is 2. The van der Waals surface area contributed by atoms with Gasteiger partial charge in [-0.3, -0.25) is 13.9 Å². The van der Waals surface area contributed by atoms with Crippen LogP contribution >= 0.6 is 34.8 Å². The molecule has 0 bridgehead atoms. The van der Waals surface area contributed by atoms with E-state index in [1.807, 2.05) is 20.8 Å². The summed E-state index contributed by atoms with van der Waals surface area (Å²) in [5, 5.41) is 3.83. The molecule has 0 saturated carbocycles. The van der Waals surface area contributed by atoms with Gasteiger partial charge in [0.2, 0.25) is 11.8 Å². The van der Waals surface area contributed by atoms with E-state index >= 15 is 0 Å². The molecule has 3 aromatic rings. The predicted octanol–water partition coefficient (Wildman–Crippen LogP) is 6.87. The van der Waals surface area contributed by atoms with Gasteiger partial charge in [0.15, 0.2) is 0 Å². The Hall–Kier alpha value is -2.78. The van der Waals surface area contributed by atoms with Crippen molar-refractivity contribution in [3.63, 3.8) is 0 Å². The number of aryl methyl sites for hydroxylation is 1. The zero-order chi connectivity index (χ0) is 30.3. The first-order chi connectivity index (χ1) is 19.4. The normalized spacial score (nSPS) is 12.9. The van der Waals surface area contributed by atoms with E-state index in [-0.39, 0.29) is 39.1 Å². The van der Waals surface area contributed by atoms with Crippen LogP contribution in [0.25, 0.3) is 0 Å². The van der Waals surface area contributed by atoms with Crippen LogP contribution in [0.3, 0.4) is 0 Å². The first kappa shape index (κ1) is 32.7. The van der Waals surface area contributed by atoms with Crippen molar-refractivity contribution in [3.8, 4) is 0 Å². The maximum absolute atomic E-state index is 14.1. The van der Waals surface area contributed by atoms with Crippen molar-refractivity contribution < 1.29 is 18.0 Å². The molecule has 3 rings (SSSR count). The number of nitrogens with zero attached hydrogens (tertiary/aromatic N) is 2. The highest BCUT2D eigenvalue weighted by Gasteiger charge is 2.34. The third-order valence-electron chi connectivity index (χ3n) is 6.72. The molecule has 0 saturated heterocycles. The van der Waals surface area contributed by atoms with Crippen molar-refractivity contribution in [1.29, 1.82) is 0 Å². The van der Waals surface area contributed by atoms with Gasteiger partial charge in [-0.2, -0.15) is 0 Å². The summed E-state index contributed by atoms with van der Waals surface area (Å²) < 4.78 is 28.9. The van der Waals surface area contributed by atoms with E-state index in [1.54, 1.807) is 43.3 Å². The number of hydrogen-bond donors (Lipinski definition) is 1. The van der Waals surface area contributed by atoms with Crippen molar-refractivity contribution in [2.45, 2.75) is 64.1 Å². The molecule has 0 aliphatic rings. The van der Waals surface area contributed by atoms with Crippen molar-refractivity contribution in [2.24, 2.45) is 0 Å². The van der Waals surface area contributed by atoms with E-state index in [4.69, 9.17) is 34.8 Å². The standard InChI is InChI=1S/C30H34Cl3N3O4S/c1-5-21(4)34-30(38)27(6-2)35(18-22-9-11-23(31)12-10-22)29(37)19-36(28-17-24(32)13-16-26(28)33)41(39,40)25-14-7-20(3)8-15-25/h7-17,21,27H,5-6,18-19H2,1-4H3,(H,34,38)/t21-,27+/m1/s1. The molecule has 0 heterocycles. The van der Waals surface area contributed by atoms with E-state index in [0.29, 0.717) is 17.9 Å². The lowest BCUT2D eigenvalue weighted by molar-refractivity contribution is -0.140.